The van der Waals surface area contributed by atoms with E-state index in [9.17, 15) is 9.59 Å². The number of amidine groups is 1. The Labute approximate surface area is 222 Å². The number of imide groups is 1. The smallest absolute Gasteiger partial charge is 0.309 e. The van der Waals surface area contributed by atoms with Crippen LogP contribution in [-0.2, 0) is 11.2 Å². The van der Waals surface area contributed by atoms with Gasteiger partial charge in [0.15, 0.2) is 0 Å². The molecule has 2 aliphatic heterocycles. The summed E-state index contributed by atoms with van der Waals surface area (Å²) in [6.45, 7) is 10.9. The van der Waals surface area contributed by atoms with E-state index in [1.54, 1.807) is 0 Å². The lowest BCUT2D eigenvalue weighted by molar-refractivity contribution is -0.127. The molecule has 0 spiro atoms. The van der Waals surface area contributed by atoms with Gasteiger partial charge in [0.1, 0.15) is 5.84 Å². The number of benzene rings is 2. The molecule has 6 nitrogen and oxygen atoms in total. The van der Waals surface area contributed by atoms with Crippen molar-refractivity contribution in [1.29, 1.82) is 0 Å². The topological polar surface area (TPSA) is 65.3 Å². The zero-order chi connectivity index (χ0) is 26.0. The Morgan fingerprint density at radius 2 is 1.92 bits per heavy atom. The van der Waals surface area contributed by atoms with Crippen molar-refractivity contribution in [1.82, 2.24) is 5.01 Å². The number of nitrogens with zero attached hydrogens (tertiary/aromatic N) is 4. The number of fused-ring (bicyclic) bond motifs is 1. The lowest BCUT2D eigenvalue weighted by Crippen LogP contribution is -2.43. The van der Waals surface area contributed by atoms with Crippen molar-refractivity contribution in [2.24, 2.45) is 10.1 Å². The minimum Gasteiger partial charge on any atom is -0.326 e. The molecular weight excluding hydrogens is 492 g/mol. The molecule has 0 N–H and O–H groups in total. The molecule has 0 atom stereocenters. The van der Waals surface area contributed by atoms with Gasteiger partial charge in [0, 0.05) is 35.3 Å². The van der Waals surface area contributed by atoms with Gasteiger partial charge in [0.2, 0.25) is 0 Å². The first-order chi connectivity index (χ1) is 17.1. The molecule has 2 amide bonds. The van der Waals surface area contributed by atoms with E-state index in [1.165, 1.54) is 5.56 Å². The third-order valence-corrected chi connectivity index (χ3v) is 7.50. The molecule has 0 saturated heterocycles. The number of hydrogen-bond acceptors (Lipinski definition) is 5. The Kier molecular flexibility index (Phi) is 7.90. The van der Waals surface area contributed by atoms with Crippen molar-refractivity contribution in [3.05, 3.63) is 64.2 Å². The molecule has 0 fully saturated rings. The van der Waals surface area contributed by atoms with E-state index in [0.717, 1.165) is 64.5 Å². The Morgan fingerprint density at radius 1 is 1.19 bits per heavy atom. The monoisotopic (exact) mass is 524 g/mol. The molecule has 2 heterocycles. The van der Waals surface area contributed by atoms with Gasteiger partial charge in [0.25, 0.3) is 5.91 Å². The van der Waals surface area contributed by atoms with Crippen LogP contribution in [0.5, 0.6) is 0 Å². The van der Waals surface area contributed by atoms with Gasteiger partial charge >= 0.3 is 5.24 Å². The van der Waals surface area contributed by atoms with E-state index >= 15 is 0 Å². The number of carbonyl (C=O) groups excluding carboxylic acids is 2. The van der Waals surface area contributed by atoms with Gasteiger partial charge in [-0.15, -0.1) is 0 Å². The molecule has 2 aliphatic rings. The fraction of sp³-hybridized carbons (Fsp3) is 0.429. The number of thioether (sulfide) groups is 1. The molecule has 0 bridgehead atoms. The summed E-state index contributed by atoms with van der Waals surface area (Å²) in [4.78, 5) is 32.4. The fourth-order valence-electron chi connectivity index (χ4n) is 4.56. The van der Waals surface area contributed by atoms with Crippen molar-refractivity contribution < 1.29 is 9.59 Å². The third kappa shape index (κ3) is 5.52. The van der Waals surface area contributed by atoms with E-state index < -0.39 is 4.75 Å². The first-order valence-corrected chi connectivity index (χ1v) is 13.7. The Morgan fingerprint density at radius 3 is 2.58 bits per heavy atom. The van der Waals surface area contributed by atoms with Crippen LogP contribution >= 0.6 is 23.4 Å². The van der Waals surface area contributed by atoms with Crippen LogP contribution in [0.1, 0.15) is 70.6 Å². The van der Waals surface area contributed by atoms with Gasteiger partial charge in [-0.2, -0.15) is 10.1 Å². The summed E-state index contributed by atoms with van der Waals surface area (Å²) in [6.07, 6.45) is 2.90. The summed E-state index contributed by atoms with van der Waals surface area (Å²) in [5.74, 6) is 0.674. The zero-order valence-corrected chi connectivity index (χ0v) is 23.1. The van der Waals surface area contributed by atoms with Crippen LogP contribution in [0.15, 0.2) is 52.6 Å². The number of halogens is 1. The van der Waals surface area contributed by atoms with Crippen LogP contribution < -0.4 is 4.90 Å². The zero-order valence-electron chi connectivity index (χ0n) is 21.5. The van der Waals surface area contributed by atoms with Crippen LogP contribution in [0.3, 0.4) is 0 Å². The summed E-state index contributed by atoms with van der Waals surface area (Å²) < 4.78 is -0.545. The second kappa shape index (κ2) is 10.8. The molecule has 2 aromatic carbocycles. The molecule has 4 rings (SSSR count). The first kappa shape index (κ1) is 26.4. The molecule has 190 valence electrons. The van der Waals surface area contributed by atoms with Crippen LogP contribution in [0.25, 0.3) is 0 Å². The van der Waals surface area contributed by atoms with Crippen LogP contribution in [0.4, 0.5) is 10.5 Å². The molecule has 2 aromatic rings. The number of aryl methyl sites for hydroxylation is 1. The van der Waals surface area contributed by atoms with Crippen LogP contribution in [0, 0.1) is 0 Å². The second-order valence-corrected chi connectivity index (χ2v) is 11.9. The Balaban J connectivity index is 1.75. The minimum atomic E-state index is -0.545. The molecule has 0 aromatic heterocycles. The minimum absolute atomic E-state index is 0.138. The maximum absolute atomic E-state index is 12.6. The number of hydrazone groups is 1. The number of rotatable bonds is 5. The number of anilines is 1. The van der Waals surface area contributed by atoms with Gasteiger partial charge in [-0.3, -0.25) is 14.6 Å². The van der Waals surface area contributed by atoms with Crippen molar-refractivity contribution in [2.45, 2.75) is 71.1 Å². The highest BCUT2D eigenvalue weighted by Crippen LogP contribution is 2.38. The van der Waals surface area contributed by atoms with Crippen molar-refractivity contribution in [2.75, 3.05) is 11.4 Å². The lowest BCUT2D eigenvalue weighted by Gasteiger charge is -2.35. The predicted molar refractivity (Wildman–Crippen MR) is 151 cm³/mol. The standard InChI is InChI=1S/C28H33ClN4O2S/c1-6-8-24(34)33-27(35)36-28(4,5)25(31-33)21-12-15-23-20(17-21)9-7-16-32(23)26(30-18(2)3)19-10-13-22(29)14-11-19/h10-15,17-18H,6-9,16H2,1-5H3. The fourth-order valence-corrected chi connectivity index (χ4v) is 5.61. The average Bonchev–Trinajstić information content (AvgIpc) is 2.82. The van der Waals surface area contributed by atoms with Gasteiger partial charge in [-0.05, 0) is 106 Å². The van der Waals surface area contributed by atoms with E-state index in [1.807, 2.05) is 51.1 Å². The number of aliphatic imine (C=N–C) groups is 1. The molecule has 0 unspecified atom stereocenters. The molecule has 0 saturated carbocycles. The highest BCUT2D eigenvalue weighted by Gasteiger charge is 2.40. The number of amides is 2. The Hall–Kier alpha value is -2.64. The van der Waals surface area contributed by atoms with Gasteiger partial charge in [-0.1, -0.05) is 24.6 Å². The van der Waals surface area contributed by atoms with Crippen molar-refractivity contribution >= 4 is 51.7 Å². The SMILES string of the molecule is CCCC(=O)N1N=C(c2ccc3c(c2)CCCN3C(=NC(C)C)c2ccc(Cl)cc2)C(C)(C)SC1=O. The molecular formula is C28H33ClN4O2S. The van der Waals surface area contributed by atoms with Crippen LogP contribution in [0.2, 0.25) is 5.02 Å². The van der Waals surface area contributed by atoms with E-state index in [4.69, 9.17) is 16.6 Å². The van der Waals surface area contributed by atoms with Crippen molar-refractivity contribution in [3.8, 4) is 0 Å². The average molecular weight is 525 g/mol. The number of hydrogen-bond donors (Lipinski definition) is 0. The predicted octanol–water partition coefficient (Wildman–Crippen LogP) is 6.93. The molecule has 8 heteroatoms. The molecule has 0 radical (unpaired) electrons. The largest absolute Gasteiger partial charge is 0.326 e. The number of carbonyl (C=O) groups is 2. The maximum Gasteiger partial charge on any atom is 0.309 e. The molecule has 36 heavy (non-hydrogen) atoms. The highest BCUT2D eigenvalue weighted by atomic mass is 35.5. The van der Waals surface area contributed by atoms with Gasteiger partial charge < -0.3 is 4.90 Å². The Bertz CT molecular complexity index is 1220. The van der Waals surface area contributed by atoms with Gasteiger partial charge in [0.05, 0.1) is 10.5 Å². The second-order valence-electron chi connectivity index (χ2n) is 9.93. The van der Waals surface area contributed by atoms with E-state index in [-0.39, 0.29) is 17.2 Å². The summed E-state index contributed by atoms with van der Waals surface area (Å²) in [7, 11) is 0. The third-order valence-electron chi connectivity index (χ3n) is 6.20. The highest BCUT2D eigenvalue weighted by molar-refractivity contribution is 8.15. The summed E-state index contributed by atoms with van der Waals surface area (Å²) >= 11 is 7.30. The summed E-state index contributed by atoms with van der Waals surface area (Å²) in [5, 5.41) is 6.02. The first-order valence-electron chi connectivity index (χ1n) is 12.5. The maximum atomic E-state index is 12.6. The van der Waals surface area contributed by atoms with Crippen molar-refractivity contribution in [3.63, 3.8) is 0 Å². The van der Waals surface area contributed by atoms with Crippen LogP contribution in [-0.4, -0.2) is 45.0 Å². The summed E-state index contributed by atoms with van der Waals surface area (Å²) in [6, 6.07) is 14.3. The normalized spacial score (nSPS) is 17.8. The quantitative estimate of drug-likeness (QED) is 0.314. The van der Waals surface area contributed by atoms with E-state index in [2.05, 4.69) is 36.0 Å². The van der Waals surface area contributed by atoms with E-state index in [0.29, 0.717) is 17.9 Å². The lowest BCUT2D eigenvalue weighted by atomic mass is 9.93. The van der Waals surface area contributed by atoms with Gasteiger partial charge in [-0.25, -0.2) is 0 Å². The molecule has 0 aliphatic carbocycles. The summed E-state index contributed by atoms with van der Waals surface area (Å²) in [5.41, 5.74) is 5.03.